The average molecular weight is 342 g/mol. The van der Waals surface area contributed by atoms with E-state index in [-0.39, 0.29) is 12.6 Å². The molecule has 5 nitrogen and oxygen atoms in total. The van der Waals surface area contributed by atoms with E-state index in [9.17, 15) is 14.7 Å². The van der Waals surface area contributed by atoms with E-state index in [4.69, 9.17) is 0 Å². The number of hydrogen-bond acceptors (Lipinski definition) is 3. The first-order valence-corrected chi connectivity index (χ1v) is 8.62. The first-order valence-electron chi connectivity index (χ1n) is 8.62. The summed E-state index contributed by atoms with van der Waals surface area (Å²) in [5, 5.41) is 16.8. The molecule has 0 spiro atoms. The van der Waals surface area contributed by atoms with Gasteiger partial charge in [0, 0.05) is 0 Å². The SMILES string of the molecule is CC(C)C[C@@H](CO)NC(=O)C(=O)N[C@@H](C)c1cccc2ccccc12. The monoisotopic (exact) mass is 342 g/mol. The van der Waals surface area contributed by atoms with Gasteiger partial charge in [-0.2, -0.15) is 0 Å². The summed E-state index contributed by atoms with van der Waals surface area (Å²) in [6.07, 6.45) is 0.619. The number of fused-ring (bicyclic) bond motifs is 1. The van der Waals surface area contributed by atoms with Crippen LogP contribution in [0.1, 0.15) is 38.8 Å². The van der Waals surface area contributed by atoms with Gasteiger partial charge in [0.15, 0.2) is 0 Å². The van der Waals surface area contributed by atoms with Gasteiger partial charge in [0.05, 0.1) is 18.7 Å². The quantitative estimate of drug-likeness (QED) is 0.706. The van der Waals surface area contributed by atoms with Crippen LogP contribution in [0.4, 0.5) is 0 Å². The van der Waals surface area contributed by atoms with Gasteiger partial charge in [0.25, 0.3) is 0 Å². The Labute approximate surface area is 148 Å². The van der Waals surface area contributed by atoms with Gasteiger partial charge in [-0.25, -0.2) is 0 Å². The third kappa shape index (κ3) is 5.03. The minimum Gasteiger partial charge on any atom is -0.394 e. The zero-order valence-corrected chi connectivity index (χ0v) is 15.0. The highest BCUT2D eigenvalue weighted by atomic mass is 16.3. The molecular weight excluding hydrogens is 316 g/mol. The molecule has 2 atom stereocenters. The zero-order valence-electron chi connectivity index (χ0n) is 15.0. The maximum absolute atomic E-state index is 12.2. The van der Waals surface area contributed by atoms with Crippen molar-refractivity contribution in [1.29, 1.82) is 0 Å². The average Bonchev–Trinajstić information content (AvgIpc) is 2.59. The summed E-state index contributed by atoms with van der Waals surface area (Å²) in [5.74, 6) is -1.09. The summed E-state index contributed by atoms with van der Waals surface area (Å²) in [5.41, 5.74) is 0.958. The van der Waals surface area contributed by atoms with E-state index in [1.807, 2.05) is 63.2 Å². The van der Waals surface area contributed by atoms with E-state index in [0.29, 0.717) is 12.3 Å². The number of benzene rings is 2. The molecule has 0 saturated carbocycles. The van der Waals surface area contributed by atoms with Crippen LogP contribution in [0.5, 0.6) is 0 Å². The van der Waals surface area contributed by atoms with Crippen molar-refractivity contribution < 1.29 is 14.7 Å². The lowest BCUT2D eigenvalue weighted by atomic mass is 9.99. The van der Waals surface area contributed by atoms with E-state index >= 15 is 0 Å². The summed E-state index contributed by atoms with van der Waals surface area (Å²) in [4.78, 5) is 24.3. The van der Waals surface area contributed by atoms with Gasteiger partial charge >= 0.3 is 11.8 Å². The molecule has 25 heavy (non-hydrogen) atoms. The van der Waals surface area contributed by atoms with Crippen LogP contribution >= 0.6 is 0 Å². The largest absolute Gasteiger partial charge is 0.394 e. The highest BCUT2D eigenvalue weighted by Crippen LogP contribution is 2.23. The summed E-state index contributed by atoms with van der Waals surface area (Å²) in [6, 6.07) is 13.1. The van der Waals surface area contributed by atoms with Crippen molar-refractivity contribution in [2.45, 2.75) is 39.3 Å². The lowest BCUT2D eigenvalue weighted by molar-refractivity contribution is -0.140. The van der Waals surface area contributed by atoms with E-state index in [2.05, 4.69) is 10.6 Å². The number of rotatable bonds is 6. The molecule has 0 aromatic heterocycles. The molecule has 2 aromatic carbocycles. The minimum atomic E-state index is -0.716. The van der Waals surface area contributed by atoms with E-state index in [1.54, 1.807) is 0 Å². The van der Waals surface area contributed by atoms with Gasteiger partial charge in [0.2, 0.25) is 0 Å². The Kier molecular flexibility index (Phi) is 6.53. The van der Waals surface area contributed by atoms with Crippen molar-refractivity contribution >= 4 is 22.6 Å². The van der Waals surface area contributed by atoms with E-state index in [1.165, 1.54) is 0 Å². The normalized spacial score (nSPS) is 13.5. The standard InChI is InChI=1S/C20H26N2O3/c1-13(2)11-16(12-23)22-20(25)19(24)21-14(3)17-10-6-8-15-7-4-5-9-18(15)17/h4-10,13-14,16,23H,11-12H2,1-3H3,(H,21,24)(H,22,25)/t14-,16-/m0/s1. The molecule has 0 heterocycles. The summed E-state index contributed by atoms with van der Waals surface area (Å²) in [6.45, 7) is 5.66. The molecule has 134 valence electrons. The molecule has 0 fully saturated rings. The molecule has 0 bridgehead atoms. The fourth-order valence-corrected chi connectivity index (χ4v) is 2.97. The molecule has 5 heteroatoms. The first-order chi connectivity index (χ1) is 11.9. The molecule has 0 unspecified atom stereocenters. The van der Waals surface area contributed by atoms with Crippen LogP contribution in [-0.4, -0.2) is 29.6 Å². The molecule has 2 aromatic rings. The van der Waals surface area contributed by atoms with Crippen LogP contribution in [0.25, 0.3) is 10.8 Å². The molecule has 2 rings (SSSR count). The van der Waals surface area contributed by atoms with Gasteiger partial charge in [-0.15, -0.1) is 0 Å². The Morgan fingerprint density at radius 3 is 2.28 bits per heavy atom. The number of aliphatic hydroxyl groups excluding tert-OH is 1. The Hall–Kier alpha value is -2.40. The molecule has 0 aliphatic heterocycles. The van der Waals surface area contributed by atoms with E-state index in [0.717, 1.165) is 16.3 Å². The van der Waals surface area contributed by atoms with E-state index < -0.39 is 17.9 Å². The second-order valence-corrected chi connectivity index (χ2v) is 6.75. The van der Waals surface area contributed by atoms with Crippen LogP contribution in [-0.2, 0) is 9.59 Å². The Bertz CT molecular complexity index is 737. The van der Waals surface area contributed by atoms with Crippen LogP contribution in [0.15, 0.2) is 42.5 Å². The lowest BCUT2D eigenvalue weighted by Gasteiger charge is -2.20. The van der Waals surface area contributed by atoms with Crippen molar-refractivity contribution in [3.63, 3.8) is 0 Å². The van der Waals surface area contributed by atoms with Crippen molar-refractivity contribution in [2.24, 2.45) is 5.92 Å². The van der Waals surface area contributed by atoms with Gasteiger partial charge in [-0.05, 0) is 35.6 Å². The number of carbonyl (C=O) groups is 2. The van der Waals surface area contributed by atoms with Crippen LogP contribution in [0.3, 0.4) is 0 Å². The summed E-state index contributed by atoms with van der Waals surface area (Å²) < 4.78 is 0. The first kappa shape index (κ1) is 18.9. The Morgan fingerprint density at radius 2 is 1.60 bits per heavy atom. The number of nitrogens with one attached hydrogen (secondary N) is 2. The van der Waals surface area contributed by atoms with Gasteiger partial charge < -0.3 is 15.7 Å². The third-order valence-corrected chi connectivity index (χ3v) is 4.16. The zero-order chi connectivity index (χ0) is 18.4. The summed E-state index contributed by atoms with van der Waals surface area (Å²) in [7, 11) is 0. The van der Waals surface area contributed by atoms with Gasteiger partial charge in [-0.1, -0.05) is 56.3 Å². The molecule has 0 saturated heterocycles. The minimum absolute atomic E-state index is 0.184. The van der Waals surface area contributed by atoms with Crippen LogP contribution in [0.2, 0.25) is 0 Å². The third-order valence-electron chi connectivity index (χ3n) is 4.16. The molecular formula is C20H26N2O3. The second kappa shape index (κ2) is 8.62. The van der Waals surface area contributed by atoms with Crippen LogP contribution in [0, 0.1) is 5.92 Å². The lowest BCUT2D eigenvalue weighted by Crippen LogP contribution is -2.46. The number of amides is 2. The van der Waals surface area contributed by atoms with Crippen molar-refractivity contribution in [3.8, 4) is 0 Å². The van der Waals surface area contributed by atoms with Crippen molar-refractivity contribution in [1.82, 2.24) is 10.6 Å². The molecule has 2 amide bonds. The predicted octanol–water partition coefficient (Wildman–Crippen LogP) is 2.54. The number of carbonyl (C=O) groups excluding carboxylic acids is 2. The topological polar surface area (TPSA) is 78.4 Å². The van der Waals surface area contributed by atoms with Crippen molar-refractivity contribution in [3.05, 3.63) is 48.0 Å². The Balaban J connectivity index is 2.05. The molecule has 0 aliphatic carbocycles. The fraction of sp³-hybridized carbons (Fsp3) is 0.400. The predicted molar refractivity (Wildman–Crippen MR) is 99.0 cm³/mol. The Morgan fingerprint density at radius 1 is 0.960 bits per heavy atom. The fourth-order valence-electron chi connectivity index (χ4n) is 2.97. The van der Waals surface area contributed by atoms with Gasteiger partial charge in [0.1, 0.15) is 0 Å². The molecule has 0 radical (unpaired) electrons. The second-order valence-electron chi connectivity index (χ2n) is 6.75. The number of hydrogen-bond donors (Lipinski definition) is 3. The van der Waals surface area contributed by atoms with Gasteiger partial charge in [-0.3, -0.25) is 9.59 Å². The molecule has 0 aliphatic rings. The smallest absolute Gasteiger partial charge is 0.309 e. The highest BCUT2D eigenvalue weighted by Gasteiger charge is 2.21. The maximum atomic E-state index is 12.2. The highest BCUT2D eigenvalue weighted by molar-refractivity contribution is 6.35. The van der Waals surface area contributed by atoms with Crippen LogP contribution < -0.4 is 10.6 Å². The molecule has 3 N–H and O–H groups in total. The number of aliphatic hydroxyl groups is 1. The maximum Gasteiger partial charge on any atom is 0.309 e. The van der Waals surface area contributed by atoms with Crippen molar-refractivity contribution in [2.75, 3.05) is 6.61 Å². The summed E-state index contributed by atoms with van der Waals surface area (Å²) >= 11 is 0.